The summed E-state index contributed by atoms with van der Waals surface area (Å²) in [6, 6.07) is 7.71. The first-order chi connectivity index (χ1) is 13.5. The van der Waals surface area contributed by atoms with Gasteiger partial charge in [-0.25, -0.2) is 0 Å². The minimum atomic E-state index is -0.489. The summed E-state index contributed by atoms with van der Waals surface area (Å²) in [5.41, 5.74) is 3.74. The van der Waals surface area contributed by atoms with E-state index in [4.69, 9.17) is 0 Å². The van der Waals surface area contributed by atoms with E-state index in [2.05, 4.69) is 50.5 Å². The number of halogens is 1. The number of benzene rings is 1. The lowest BCUT2D eigenvalue weighted by atomic mass is 9.85. The molecule has 28 heavy (non-hydrogen) atoms. The molecule has 0 aromatic heterocycles. The Morgan fingerprint density at radius 2 is 1.93 bits per heavy atom. The molecular weight excluding hydrogens is 422 g/mol. The quantitative estimate of drug-likeness (QED) is 0.743. The molecule has 3 atom stereocenters. The number of carbonyl (C=O) groups excluding carboxylic acids is 2. The van der Waals surface area contributed by atoms with Crippen molar-refractivity contribution in [1.82, 2.24) is 15.2 Å². The van der Waals surface area contributed by atoms with Crippen LogP contribution in [-0.4, -0.2) is 52.2 Å². The van der Waals surface area contributed by atoms with Crippen LogP contribution in [0, 0.1) is 5.92 Å². The van der Waals surface area contributed by atoms with E-state index in [0.717, 1.165) is 41.7 Å². The van der Waals surface area contributed by atoms with Gasteiger partial charge in [0.25, 0.3) is 5.91 Å². The fourth-order valence-electron chi connectivity index (χ4n) is 4.53. The summed E-state index contributed by atoms with van der Waals surface area (Å²) in [5.74, 6) is 0.972. The van der Waals surface area contributed by atoms with Crippen LogP contribution >= 0.6 is 15.9 Å². The first-order valence-electron chi connectivity index (χ1n) is 9.93. The van der Waals surface area contributed by atoms with Crippen LogP contribution in [0.3, 0.4) is 0 Å². The zero-order valence-electron chi connectivity index (χ0n) is 16.2. The van der Waals surface area contributed by atoms with Gasteiger partial charge in [0.05, 0.1) is 12.1 Å². The van der Waals surface area contributed by atoms with Crippen molar-refractivity contribution in [3.63, 3.8) is 0 Å². The normalized spacial score (nSPS) is 26.5. The van der Waals surface area contributed by atoms with Crippen molar-refractivity contribution in [3.8, 4) is 0 Å². The van der Waals surface area contributed by atoms with Crippen LogP contribution < -0.4 is 10.7 Å². The minimum absolute atomic E-state index is 0.0528. The number of piperazine rings is 1. The predicted molar refractivity (Wildman–Crippen MR) is 112 cm³/mol. The van der Waals surface area contributed by atoms with Crippen LogP contribution in [-0.2, 0) is 9.59 Å². The van der Waals surface area contributed by atoms with Gasteiger partial charge in [0, 0.05) is 16.1 Å². The van der Waals surface area contributed by atoms with Crippen LogP contribution in [0.5, 0.6) is 0 Å². The molecule has 150 valence electrons. The highest BCUT2D eigenvalue weighted by Crippen LogP contribution is 2.35. The van der Waals surface area contributed by atoms with Gasteiger partial charge in [0.15, 0.2) is 6.17 Å². The van der Waals surface area contributed by atoms with Crippen molar-refractivity contribution in [2.75, 3.05) is 11.9 Å². The number of hydrogen-bond acceptors (Lipinski definition) is 5. The van der Waals surface area contributed by atoms with Crippen molar-refractivity contribution in [3.05, 3.63) is 28.7 Å². The van der Waals surface area contributed by atoms with Crippen LogP contribution in [0.4, 0.5) is 5.69 Å². The van der Waals surface area contributed by atoms with Crippen molar-refractivity contribution >= 4 is 39.3 Å². The second kappa shape index (κ2) is 7.73. The van der Waals surface area contributed by atoms with Gasteiger partial charge in [-0.1, -0.05) is 42.6 Å². The fourth-order valence-corrected chi connectivity index (χ4v) is 4.79. The van der Waals surface area contributed by atoms with Gasteiger partial charge >= 0.3 is 0 Å². The summed E-state index contributed by atoms with van der Waals surface area (Å²) in [4.78, 5) is 29.8. The van der Waals surface area contributed by atoms with E-state index < -0.39 is 6.17 Å². The zero-order chi connectivity index (χ0) is 19.8. The molecule has 2 N–H and O–H groups in total. The fraction of sp³-hybridized carbons (Fsp3) is 0.550. The molecule has 0 bridgehead atoms. The Morgan fingerprint density at radius 1 is 1.25 bits per heavy atom. The van der Waals surface area contributed by atoms with Gasteiger partial charge < -0.3 is 15.1 Å². The lowest BCUT2D eigenvalue weighted by molar-refractivity contribution is -0.151. The molecule has 7 nitrogen and oxygen atoms in total. The Hall–Kier alpha value is -2.09. The van der Waals surface area contributed by atoms with Crippen LogP contribution in [0.1, 0.15) is 39.5 Å². The van der Waals surface area contributed by atoms with Crippen LogP contribution in [0.25, 0.3) is 0 Å². The SMILES string of the molecule is CC(C)C1=NNC2C(=O)N(CC(=O)Nc3ccc(Br)cc3)C3CCCCC3N12. The lowest BCUT2D eigenvalue weighted by Gasteiger charge is -2.51. The number of amidine groups is 1. The molecule has 2 fully saturated rings. The Morgan fingerprint density at radius 3 is 2.61 bits per heavy atom. The van der Waals surface area contributed by atoms with Crippen LogP contribution in [0.15, 0.2) is 33.8 Å². The molecule has 1 aromatic carbocycles. The second-order valence-electron chi connectivity index (χ2n) is 8.00. The smallest absolute Gasteiger partial charge is 0.268 e. The van der Waals surface area contributed by atoms with Crippen molar-refractivity contribution in [1.29, 1.82) is 0 Å². The lowest BCUT2D eigenvalue weighted by Crippen LogP contribution is -2.70. The molecule has 1 aliphatic carbocycles. The van der Waals surface area contributed by atoms with E-state index >= 15 is 0 Å². The van der Waals surface area contributed by atoms with Gasteiger partial charge in [-0.15, -0.1) is 0 Å². The molecule has 2 amide bonds. The average molecular weight is 448 g/mol. The number of hydrazone groups is 1. The Labute approximate surface area is 173 Å². The highest BCUT2D eigenvalue weighted by molar-refractivity contribution is 9.10. The Balaban J connectivity index is 1.52. The van der Waals surface area contributed by atoms with Crippen molar-refractivity contribution < 1.29 is 9.59 Å². The average Bonchev–Trinajstić information content (AvgIpc) is 3.13. The topological polar surface area (TPSA) is 77.0 Å². The van der Waals surface area contributed by atoms with E-state index in [1.54, 1.807) is 4.90 Å². The number of carbonyl (C=O) groups is 2. The molecule has 3 unspecified atom stereocenters. The third-order valence-corrected chi connectivity index (χ3v) is 6.30. The number of nitrogens with zero attached hydrogens (tertiary/aromatic N) is 3. The predicted octanol–water partition coefficient (Wildman–Crippen LogP) is 2.74. The van der Waals surface area contributed by atoms with Gasteiger partial charge in [-0.2, -0.15) is 5.10 Å². The third-order valence-electron chi connectivity index (χ3n) is 5.77. The van der Waals surface area contributed by atoms with Gasteiger partial charge in [0.1, 0.15) is 12.4 Å². The molecule has 0 spiro atoms. The van der Waals surface area contributed by atoms with E-state index in [1.165, 1.54) is 0 Å². The van der Waals surface area contributed by atoms with E-state index in [1.807, 2.05) is 24.3 Å². The maximum Gasteiger partial charge on any atom is 0.268 e. The standard InChI is InChI=1S/C20H26BrN5O2/c1-12(2)18-23-24-19-20(28)25(15-5-3-4-6-16(15)26(18)19)11-17(27)22-14-9-7-13(21)8-10-14/h7-10,12,15-16,19,24H,3-6,11H2,1-2H3,(H,22,27). The number of rotatable bonds is 4. The van der Waals surface area contributed by atoms with Gasteiger partial charge in [-0.05, 0) is 37.1 Å². The van der Waals surface area contributed by atoms with E-state index in [9.17, 15) is 9.59 Å². The Kier molecular flexibility index (Phi) is 5.31. The number of anilines is 1. The summed E-state index contributed by atoms with van der Waals surface area (Å²) >= 11 is 3.39. The monoisotopic (exact) mass is 447 g/mol. The number of hydrogen-bond donors (Lipinski definition) is 2. The highest BCUT2D eigenvalue weighted by atomic mass is 79.9. The van der Waals surface area contributed by atoms with E-state index in [0.29, 0.717) is 0 Å². The highest BCUT2D eigenvalue weighted by Gasteiger charge is 2.51. The molecule has 2 heterocycles. The third kappa shape index (κ3) is 3.50. The molecule has 2 aliphatic heterocycles. The second-order valence-corrected chi connectivity index (χ2v) is 8.92. The summed E-state index contributed by atoms with van der Waals surface area (Å²) in [6.45, 7) is 4.27. The van der Waals surface area contributed by atoms with Crippen molar-refractivity contribution in [2.45, 2.75) is 57.8 Å². The molecule has 0 radical (unpaired) electrons. The maximum absolute atomic E-state index is 13.2. The number of fused-ring (bicyclic) bond motifs is 3. The van der Waals surface area contributed by atoms with Crippen molar-refractivity contribution in [2.24, 2.45) is 11.0 Å². The first-order valence-corrected chi connectivity index (χ1v) is 10.7. The summed E-state index contributed by atoms with van der Waals surface area (Å²) in [5, 5.41) is 7.35. The molecule has 1 saturated carbocycles. The number of amides is 2. The maximum atomic E-state index is 13.2. The largest absolute Gasteiger partial charge is 0.325 e. The summed E-state index contributed by atoms with van der Waals surface area (Å²) in [6.07, 6.45) is 3.68. The van der Waals surface area contributed by atoms with Gasteiger partial charge in [0.2, 0.25) is 5.91 Å². The molecule has 4 rings (SSSR count). The molecule has 1 saturated heterocycles. The van der Waals surface area contributed by atoms with Gasteiger partial charge in [-0.3, -0.25) is 15.0 Å². The molecule has 3 aliphatic rings. The Bertz CT molecular complexity index is 794. The molecular formula is C20H26BrN5O2. The summed E-state index contributed by atoms with van der Waals surface area (Å²) in [7, 11) is 0. The molecule has 8 heteroatoms. The molecule has 1 aromatic rings. The zero-order valence-corrected chi connectivity index (χ0v) is 17.8. The van der Waals surface area contributed by atoms with Crippen LogP contribution in [0.2, 0.25) is 0 Å². The minimum Gasteiger partial charge on any atom is -0.325 e. The first kappa shape index (κ1) is 19.2. The summed E-state index contributed by atoms with van der Waals surface area (Å²) < 4.78 is 0.954. The van der Waals surface area contributed by atoms with E-state index in [-0.39, 0.29) is 36.4 Å². The number of nitrogens with one attached hydrogen (secondary N) is 2.